The van der Waals surface area contributed by atoms with Gasteiger partial charge in [-0.15, -0.1) is 0 Å². The van der Waals surface area contributed by atoms with Gasteiger partial charge >= 0.3 is 5.69 Å². The molecule has 0 aliphatic heterocycles. The van der Waals surface area contributed by atoms with Gasteiger partial charge in [-0.3, -0.25) is 18.7 Å². The van der Waals surface area contributed by atoms with Crippen molar-refractivity contribution in [1.82, 2.24) is 14.5 Å². The number of carbonyl (C=O) groups is 1. The van der Waals surface area contributed by atoms with Gasteiger partial charge in [-0.1, -0.05) is 62.7 Å². The maximum absolute atomic E-state index is 13.5. The summed E-state index contributed by atoms with van der Waals surface area (Å²) in [5, 5.41) is 3.38. The molecule has 1 amide bonds. The van der Waals surface area contributed by atoms with Crippen LogP contribution in [0.25, 0.3) is 10.9 Å². The monoisotopic (exact) mass is 407 g/mol. The van der Waals surface area contributed by atoms with Gasteiger partial charge in [0.1, 0.15) is 6.04 Å². The van der Waals surface area contributed by atoms with Gasteiger partial charge in [0.15, 0.2) is 0 Å². The third kappa shape index (κ3) is 4.37. The van der Waals surface area contributed by atoms with Crippen molar-refractivity contribution in [2.24, 2.45) is 5.92 Å². The Balaban J connectivity index is 2.22. The van der Waals surface area contributed by atoms with Crippen LogP contribution in [0.5, 0.6) is 0 Å². The molecule has 6 heteroatoms. The summed E-state index contributed by atoms with van der Waals surface area (Å²) in [4.78, 5) is 39.6. The van der Waals surface area contributed by atoms with Crippen LogP contribution in [-0.4, -0.2) is 21.6 Å². The fourth-order valence-corrected chi connectivity index (χ4v) is 3.61. The molecule has 0 aliphatic rings. The highest BCUT2D eigenvalue weighted by Crippen LogP contribution is 2.18. The Bertz CT molecular complexity index is 1160. The molecule has 1 heterocycles. The van der Waals surface area contributed by atoms with Crippen molar-refractivity contribution in [2.75, 3.05) is 6.54 Å². The second kappa shape index (κ2) is 9.11. The highest BCUT2D eigenvalue weighted by Gasteiger charge is 2.24. The van der Waals surface area contributed by atoms with E-state index in [2.05, 4.69) is 5.32 Å². The quantitative estimate of drug-likeness (QED) is 0.653. The second-order valence-corrected chi connectivity index (χ2v) is 8.11. The molecular weight excluding hydrogens is 378 g/mol. The zero-order valence-electron chi connectivity index (χ0n) is 18.0. The smallest absolute Gasteiger partial charge is 0.332 e. The Hall–Kier alpha value is -3.15. The van der Waals surface area contributed by atoms with Gasteiger partial charge < -0.3 is 5.32 Å². The van der Waals surface area contributed by atoms with Gasteiger partial charge in [0.05, 0.1) is 17.4 Å². The zero-order valence-corrected chi connectivity index (χ0v) is 18.0. The fourth-order valence-electron chi connectivity index (χ4n) is 3.61. The number of nitrogens with zero attached hydrogens (tertiary/aromatic N) is 2. The van der Waals surface area contributed by atoms with E-state index in [0.717, 1.165) is 11.1 Å². The molecule has 1 N–H and O–H groups in total. The van der Waals surface area contributed by atoms with Crippen molar-refractivity contribution in [3.05, 3.63) is 80.5 Å². The lowest BCUT2D eigenvalue weighted by Crippen LogP contribution is -2.45. The molecule has 158 valence electrons. The molecule has 30 heavy (non-hydrogen) atoms. The van der Waals surface area contributed by atoms with E-state index >= 15 is 0 Å². The molecule has 2 aromatic carbocycles. The number of fused-ring (bicyclic) bond motifs is 1. The Kier molecular flexibility index (Phi) is 6.55. The minimum Gasteiger partial charge on any atom is -0.354 e. The number of carbonyl (C=O) groups excluding carboxylic acids is 1. The Morgan fingerprint density at radius 3 is 2.40 bits per heavy atom. The topological polar surface area (TPSA) is 73.1 Å². The average molecular weight is 408 g/mol. The molecule has 1 aromatic heterocycles. The molecule has 3 aromatic rings. The standard InChI is InChI=1S/C24H29N3O3/c1-5-20(22(28)25-14-16(2)3)27-21-12-11-17(4)13-19(21)23(29)26(24(27)30)15-18-9-7-6-8-10-18/h6-13,16,20H,5,14-15H2,1-4H3,(H,25,28)/t20-/m1/s1. The van der Waals surface area contributed by atoms with Gasteiger partial charge in [0.25, 0.3) is 5.56 Å². The number of aromatic nitrogens is 2. The molecule has 0 spiro atoms. The normalized spacial score (nSPS) is 12.3. The minimum atomic E-state index is -0.691. The summed E-state index contributed by atoms with van der Waals surface area (Å²) in [6.07, 6.45) is 0.441. The van der Waals surface area contributed by atoms with E-state index in [9.17, 15) is 14.4 Å². The predicted octanol–water partition coefficient (Wildman–Crippen LogP) is 3.24. The van der Waals surface area contributed by atoms with Crippen LogP contribution in [-0.2, 0) is 11.3 Å². The van der Waals surface area contributed by atoms with Crippen LogP contribution < -0.4 is 16.6 Å². The van der Waals surface area contributed by atoms with Crippen LogP contribution in [0, 0.1) is 12.8 Å². The zero-order chi connectivity index (χ0) is 21.8. The summed E-state index contributed by atoms with van der Waals surface area (Å²) in [5.74, 6) is 0.0923. The van der Waals surface area contributed by atoms with Gasteiger partial charge in [-0.05, 0) is 37.0 Å². The molecule has 6 nitrogen and oxygen atoms in total. The largest absolute Gasteiger partial charge is 0.354 e. The molecule has 0 unspecified atom stereocenters. The maximum Gasteiger partial charge on any atom is 0.332 e. The predicted molar refractivity (Wildman–Crippen MR) is 120 cm³/mol. The van der Waals surface area contributed by atoms with E-state index < -0.39 is 11.7 Å². The summed E-state index contributed by atoms with van der Waals surface area (Å²) in [6.45, 7) is 8.51. The summed E-state index contributed by atoms with van der Waals surface area (Å²) in [5.41, 5.74) is 1.47. The lowest BCUT2D eigenvalue weighted by Gasteiger charge is -2.22. The van der Waals surface area contributed by atoms with E-state index in [-0.39, 0.29) is 18.0 Å². The summed E-state index contributed by atoms with van der Waals surface area (Å²) in [7, 11) is 0. The first-order valence-electron chi connectivity index (χ1n) is 10.4. The van der Waals surface area contributed by atoms with E-state index in [1.807, 2.05) is 64.1 Å². The summed E-state index contributed by atoms with van der Waals surface area (Å²) in [6, 6.07) is 14.1. The third-order valence-electron chi connectivity index (χ3n) is 5.19. The van der Waals surface area contributed by atoms with Crippen molar-refractivity contribution in [3.8, 4) is 0 Å². The molecule has 1 atom stereocenters. The first kappa shape index (κ1) is 21.6. The number of hydrogen-bond acceptors (Lipinski definition) is 3. The first-order valence-corrected chi connectivity index (χ1v) is 10.4. The number of aryl methyl sites for hydroxylation is 1. The van der Waals surface area contributed by atoms with Crippen molar-refractivity contribution in [1.29, 1.82) is 0 Å². The number of rotatable bonds is 7. The van der Waals surface area contributed by atoms with Gasteiger partial charge in [0.2, 0.25) is 5.91 Å². The van der Waals surface area contributed by atoms with Crippen molar-refractivity contribution in [3.63, 3.8) is 0 Å². The number of amides is 1. The highest BCUT2D eigenvalue weighted by molar-refractivity contribution is 5.84. The molecule has 3 rings (SSSR count). The summed E-state index contributed by atoms with van der Waals surface area (Å²) >= 11 is 0. The Morgan fingerprint density at radius 2 is 1.77 bits per heavy atom. The number of hydrogen-bond donors (Lipinski definition) is 1. The second-order valence-electron chi connectivity index (χ2n) is 8.11. The van der Waals surface area contributed by atoms with E-state index in [0.29, 0.717) is 29.8 Å². The molecule has 0 radical (unpaired) electrons. The van der Waals surface area contributed by atoms with Crippen LogP contribution in [0.1, 0.15) is 44.4 Å². The highest BCUT2D eigenvalue weighted by atomic mass is 16.2. The lowest BCUT2D eigenvalue weighted by molar-refractivity contribution is -0.124. The van der Waals surface area contributed by atoms with Crippen LogP contribution >= 0.6 is 0 Å². The molecule has 0 saturated heterocycles. The molecule has 0 fully saturated rings. The van der Waals surface area contributed by atoms with Gasteiger partial charge in [-0.25, -0.2) is 4.79 Å². The minimum absolute atomic E-state index is 0.159. The number of benzene rings is 2. The van der Waals surface area contributed by atoms with Crippen LogP contribution in [0.2, 0.25) is 0 Å². The van der Waals surface area contributed by atoms with Crippen LogP contribution in [0.4, 0.5) is 0 Å². The van der Waals surface area contributed by atoms with Crippen molar-refractivity contribution >= 4 is 16.8 Å². The Morgan fingerprint density at radius 1 is 1.07 bits per heavy atom. The van der Waals surface area contributed by atoms with Crippen LogP contribution in [0.15, 0.2) is 58.1 Å². The molecular formula is C24H29N3O3. The molecule has 0 bridgehead atoms. The average Bonchev–Trinajstić information content (AvgIpc) is 2.73. The van der Waals surface area contributed by atoms with Gasteiger partial charge in [0, 0.05) is 6.54 Å². The van der Waals surface area contributed by atoms with E-state index in [1.165, 1.54) is 9.13 Å². The lowest BCUT2D eigenvalue weighted by atomic mass is 10.1. The first-order chi connectivity index (χ1) is 14.3. The molecule has 0 aliphatic carbocycles. The maximum atomic E-state index is 13.5. The summed E-state index contributed by atoms with van der Waals surface area (Å²) < 4.78 is 2.71. The van der Waals surface area contributed by atoms with Crippen LogP contribution in [0.3, 0.4) is 0 Å². The van der Waals surface area contributed by atoms with E-state index in [4.69, 9.17) is 0 Å². The van der Waals surface area contributed by atoms with E-state index in [1.54, 1.807) is 12.1 Å². The van der Waals surface area contributed by atoms with Crippen molar-refractivity contribution < 1.29 is 4.79 Å². The third-order valence-corrected chi connectivity index (χ3v) is 5.19. The molecule has 0 saturated carbocycles. The van der Waals surface area contributed by atoms with Gasteiger partial charge in [-0.2, -0.15) is 0 Å². The van der Waals surface area contributed by atoms with Crippen molar-refractivity contribution in [2.45, 2.75) is 46.7 Å². The SMILES string of the molecule is CC[C@H](C(=O)NCC(C)C)n1c(=O)n(Cc2ccccc2)c(=O)c2cc(C)ccc21. The number of nitrogens with one attached hydrogen (secondary N) is 1. The Labute approximate surface area is 176 Å². The fraction of sp³-hybridized carbons (Fsp3) is 0.375.